The predicted octanol–water partition coefficient (Wildman–Crippen LogP) is 6.91. The summed E-state index contributed by atoms with van der Waals surface area (Å²) in [4.78, 5) is 39.9. The number of hydrogen-bond acceptors (Lipinski definition) is 6. The zero-order valence-electron chi connectivity index (χ0n) is 19.6. The molecule has 0 aromatic heterocycles. The fourth-order valence-corrected chi connectivity index (χ4v) is 5.39. The van der Waals surface area contributed by atoms with Crippen molar-refractivity contribution in [3.8, 4) is 11.5 Å². The third-order valence-electron chi connectivity index (χ3n) is 5.81. The van der Waals surface area contributed by atoms with Gasteiger partial charge in [-0.1, -0.05) is 54.6 Å². The Balaban J connectivity index is 1.34. The first-order valence-electron chi connectivity index (χ1n) is 11.3. The Bertz CT molecular complexity index is 1580. The number of esters is 1. The van der Waals surface area contributed by atoms with Crippen molar-refractivity contribution >= 4 is 68.3 Å². The number of carbonyl (C=O) groups excluding carboxylic acids is 3. The molecule has 4 aromatic carbocycles. The van der Waals surface area contributed by atoms with Crippen LogP contribution in [0.1, 0.15) is 21.5 Å². The third kappa shape index (κ3) is 5.40. The number of thioether (sulfide) groups is 1. The second kappa shape index (κ2) is 10.8. The monoisotopic (exact) mass is 621 g/mol. The number of rotatable bonds is 6. The number of benzene rings is 4. The fraction of sp³-hybridized carbons (Fsp3) is 0.0690. The van der Waals surface area contributed by atoms with Gasteiger partial charge in [-0.3, -0.25) is 14.5 Å². The highest BCUT2D eigenvalue weighted by molar-refractivity contribution is 14.1. The molecule has 1 heterocycles. The summed E-state index contributed by atoms with van der Waals surface area (Å²) in [5.41, 5.74) is 1.97. The van der Waals surface area contributed by atoms with Crippen molar-refractivity contribution in [2.45, 2.75) is 6.54 Å². The van der Waals surface area contributed by atoms with Gasteiger partial charge in [-0.25, -0.2) is 4.79 Å². The summed E-state index contributed by atoms with van der Waals surface area (Å²) >= 11 is 2.98. The minimum Gasteiger partial charge on any atom is -0.493 e. The van der Waals surface area contributed by atoms with Gasteiger partial charge in [0.15, 0.2) is 11.5 Å². The van der Waals surface area contributed by atoms with Crippen molar-refractivity contribution in [2.24, 2.45) is 0 Å². The van der Waals surface area contributed by atoms with Crippen molar-refractivity contribution in [3.63, 3.8) is 0 Å². The topological polar surface area (TPSA) is 72.9 Å². The van der Waals surface area contributed by atoms with Crippen molar-refractivity contribution in [2.75, 3.05) is 7.11 Å². The molecule has 184 valence electrons. The molecule has 1 fully saturated rings. The molecule has 2 amide bonds. The minimum atomic E-state index is -0.495. The van der Waals surface area contributed by atoms with Crippen LogP contribution in [0.4, 0.5) is 4.79 Å². The highest BCUT2D eigenvalue weighted by Gasteiger charge is 2.35. The summed E-state index contributed by atoms with van der Waals surface area (Å²) in [6, 6.07) is 26.0. The van der Waals surface area contributed by atoms with E-state index in [2.05, 4.69) is 22.6 Å². The number of fused-ring (bicyclic) bond motifs is 1. The zero-order valence-corrected chi connectivity index (χ0v) is 22.6. The lowest BCUT2D eigenvalue weighted by molar-refractivity contribution is -0.123. The maximum absolute atomic E-state index is 13.1. The molecule has 8 heteroatoms. The minimum absolute atomic E-state index is 0.198. The molecule has 5 rings (SSSR count). The number of halogens is 1. The van der Waals surface area contributed by atoms with Gasteiger partial charge in [0.2, 0.25) is 0 Å². The van der Waals surface area contributed by atoms with Crippen LogP contribution in [0.2, 0.25) is 0 Å². The molecular formula is C29H20INO5S. The van der Waals surface area contributed by atoms with Crippen LogP contribution in [0.15, 0.2) is 89.8 Å². The van der Waals surface area contributed by atoms with E-state index in [1.54, 1.807) is 36.4 Å². The summed E-state index contributed by atoms with van der Waals surface area (Å²) in [6.45, 7) is 0.198. The summed E-state index contributed by atoms with van der Waals surface area (Å²) in [5, 5.41) is 1.83. The van der Waals surface area contributed by atoms with Crippen molar-refractivity contribution < 1.29 is 23.9 Å². The average molecular weight is 621 g/mol. The van der Waals surface area contributed by atoms with Crippen LogP contribution in [0.25, 0.3) is 16.8 Å². The molecule has 1 saturated heterocycles. The van der Waals surface area contributed by atoms with Gasteiger partial charge in [-0.2, -0.15) is 0 Å². The maximum atomic E-state index is 13.1. The summed E-state index contributed by atoms with van der Waals surface area (Å²) < 4.78 is 11.8. The first-order valence-corrected chi connectivity index (χ1v) is 13.2. The second-order valence-corrected chi connectivity index (χ2v) is 10.4. The summed E-state index contributed by atoms with van der Waals surface area (Å²) in [6.07, 6.45) is 1.64. The molecule has 37 heavy (non-hydrogen) atoms. The van der Waals surface area contributed by atoms with Crippen molar-refractivity contribution in [1.29, 1.82) is 0 Å². The molecular weight excluding hydrogens is 601 g/mol. The lowest BCUT2D eigenvalue weighted by Gasteiger charge is -2.13. The molecule has 0 spiro atoms. The largest absolute Gasteiger partial charge is 0.493 e. The number of imide groups is 1. The van der Waals surface area contributed by atoms with Gasteiger partial charge in [0.05, 0.1) is 24.1 Å². The Morgan fingerprint density at radius 1 is 0.919 bits per heavy atom. The summed E-state index contributed by atoms with van der Waals surface area (Å²) in [5.74, 6) is -0.251. The normalized spacial score (nSPS) is 14.4. The molecule has 4 aromatic rings. The van der Waals surface area contributed by atoms with Gasteiger partial charge in [0.1, 0.15) is 0 Å². The molecule has 6 nitrogen and oxygen atoms in total. The fourth-order valence-electron chi connectivity index (χ4n) is 3.95. The Morgan fingerprint density at radius 3 is 2.46 bits per heavy atom. The molecule has 0 atom stereocenters. The van der Waals surface area contributed by atoms with Crippen LogP contribution in [-0.4, -0.2) is 29.1 Å². The van der Waals surface area contributed by atoms with Gasteiger partial charge in [0, 0.05) is 3.57 Å². The highest BCUT2D eigenvalue weighted by Crippen LogP contribution is 2.36. The first kappa shape index (κ1) is 25.0. The van der Waals surface area contributed by atoms with Crippen LogP contribution < -0.4 is 9.47 Å². The highest BCUT2D eigenvalue weighted by atomic mass is 127. The van der Waals surface area contributed by atoms with Gasteiger partial charge < -0.3 is 9.47 Å². The number of methoxy groups -OCH3 is 1. The number of ether oxygens (including phenoxy) is 2. The van der Waals surface area contributed by atoms with E-state index in [-0.39, 0.29) is 23.4 Å². The van der Waals surface area contributed by atoms with Crippen LogP contribution >= 0.6 is 34.4 Å². The number of nitrogens with zero attached hydrogens (tertiary/aromatic N) is 1. The van der Waals surface area contributed by atoms with E-state index in [1.807, 2.05) is 54.6 Å². The lowest BCUT2D eigenvalue weighted by Crippen LogP contribution is -2.27. The molecule has 0 unspecified atom stereocenters. The van der Waals surface area contributed by atoms with Crippen molar-refractivity contribution in [1.82, 2.24) is 4.90 Å². The molecule has 0 bridgehead atoms. The zero-order chi connectivity index (χ0) is 25.9. The molecule has 0 aliphatic carbocycles. The molecule has 1 aliphatic rings. The summed E-state index contributed by atoms with van der Waals surface area (Å²) in [7, 11) is 1.47. The Hall–Kier alpha value is -3.63. The van der Waals surface area contributed by atoms with E-state index in [0.717, 1.165) is 31.7 Å². The van der Waals surface area contributed by atoms with E-state index in [1.165, 1.54) is 12.0 Å². The molecule has 0 radical (unpaired) electrons. The quantitative estimate of drug-likeness (QED) is 0.101. The van der Waals surface area contributed by atoms with Crippen LogP contribution in [0, 0.1) is 3.57 Å². The van der Waals surface area contributed by atoms with E-state index in [4.69, 9.17) is 9.47 Å². The van der Waals surface area contributed by atoms with E-state index in [0.29, 0.717) is 21.8 Å². The van der Waals surface area contributed by atoms with Gasteiger partial charge in [-0.05, 0) is 92.7 Å². The number of amides is 2. The molecule has 0 N–H and O–H groups in total. The Morgan fingerprint density at radius 2 is 1.68 bits per heavy atom. The van der Waals surface area contributed by atoms with Gasteiger partial charge in [0.25, 0.3) is 11.1 Å². The van der Waals surface area contributed by atoms with Crippen LogP contribution in [-0.2, 0) is 11.3 Å². The van der Waals surface area contributed by atoms with E-state index >= 15 is 0 Å². The first-order chi connectivity index (χ1) is 17.9. The Kier molecular flexibility index (Phi) is 7.29. The Labute approximate surface area is 231 Å². The van der Waals surface area contributed by atoms with Crippen LogP contribution in [0.3, 0.4) is 0 Å². The molecule has 0 saturated carbocycles. The second-order valence-electron chi connectivity index (χ2n) is 8.23. The van der Waals surface area contributed by atoms with Crippen LogP contribution in [0.5, 0.6) is 11.5 Å². The third-order valence-corrected chi connectivity index (χ3v) is 7.66. The maximum Gasteiger partial charge on any atom is 0.344 e. The number of hydrogen-bond donors (Lipinski definition) is 0. The van der Waals surface area contributed by atoms with E-state index < -0.39 is 5.97 Å². The SMILES string of the molecule is COc1cc(/C=C2\SC(=O)N(Cc3ccc4ccccc4c3)C2=O)ccc1OC(=O)c1ccccc1I. The predicted molar refractivity (Wildman–Crippen MR) is 153 cm³/mol. The van der Waals surface area contributed by atoms with E-state index in [9.17, 15) is 14.4 Å². The number of carbonyl (C=O) groups is 3. The van der Waals surface area contributed by atoms with Gasteiger partial charge >= 0.3 is 5.97 Å². The van der Waals surface area contributed by atoms with Gasteiger partial charge in [-0.15, -0.1) is 0 Å². The van der Waals surface area contributed by atoms with Crippen molar-refractivity contribution in [3.05, 3.63) is 110 Å². The molecule has 1 aliphatic heterocycles. The lowest BCUT2D eigenvalue weighted by atomic mass is 10.1. The smallest absolute Gasteiger partial charge is 0.344 e. The standard InChI is InChI=1S/C29H20INO5S/c1-35-25-15-18(11-13-24(25)36-28(33)22-8-4-5-9-23(22)30)16-26-27(32)31(29(34)37-26)17-19-10-12-20-6-2-3-7-21(20)14-19/h2-16H,17H2,1H3/b26-16-. The average Bonchev–Trinajstić information content (AvgIpc) is 3.16.